The van der Waals surface area contributed by atoms with Crippen LogP contribution in [0.3, 0.4) is 0 Å². The van der Waals surface area contributed by atoms with Gasteiger partial charge in [0.2, 0.25) is 0 Å². The molecule has 0 N–H and O–H groups in total. The number of rotatable bonds is 5. The topological polar surface area (TPSA) is 9.23 Å². The van der Waals surface area contributed by atoms with Gasteiger partial charge < -0.3 is 4.74 Å². The van der Waals surface area contributed by atoms with Crippen molar-refractivity contribution in [3.05, 3.63) is 64.7 Å². The van der Waals surface area contributed by atoms with Crippen LogP contribution in [0, 0.1) is 18.6 Å². The van der Waals surface area contributed by atoms with E-state index in [1.165, 1.54) is 6.07 Å². The molecule has 0 saturated carbocycles. The highest BCUT2D eigenvalue weighted by Gasteiger charge is 2.15. The Bertz CT molecular complexity index is 628. The fraction of sp³-hybridized carbons (Fsp3) is 0.294. The van der Waals surface area contributed by atoms with Crippen LogP contribution >= 0.6 is 15.9 Å². The van der Waals surface area contributed by atoms with E-state index >= 15 is 0 Å². The lowest BCUT2D eigenvalue weighted by atomic mass is 10.0. The molecule has 21 heavy (non-hydrogen) atoms. The summed E-state index contributed by atoms with van der Waals surface area (Å²) in [6, 6.07) is 9.97. The normalized spacial score (nSPS) is 12.2. The van der Waals surface area contributed by atoms with Crippen LogP contribution in [0.25, 0.3) is 0 Å². The van der Waals surface area contributed by atoms with Crippen LogP contribution in [0.4, 0.5) is 8.78 Å². The van der Waals surface area contributed by atoms with Crippen molar-refractivity contribution >= 4 is 15.9 Å². The van der Waals surface area contributed by atoms with E-state index in [1.807, 2.05) is 32.0 Å². The first-order chi connectivity index (χ1) is 10.0. The maximum Gasteiger partial charge on any atom is 0.159 e. The van der Waals surface area contributed by atoms with Gasteiger partial charge in [-0.2, -0.15) is 0 Å². The van der Waals surface area contributed by atoms with Gasteiger partial charge in [-0.25, -0.2) is 8.78 Å². The van der Waals surface area contributed by atoms with Gasteiger partial charge in [0.05, 0.1) is 6.61 Å². The SMILES string of the molecule is CCOc1ccc(C)cc1C(Br)Cc1ccc(F)c(F)c1. The zero-order chi connectivity index (χ0) is 15.4. The van der Waals surface area contributed by atoms with Crippen LogP contribution < -0.4 is 4.74 Å². The third-order valence-electron chi connectivity index (χ3n) is 3.20. The standard InChI is InChI=1S/C17H17BrF2O/c1-3-21-17-7-4-11(2)8-13(17)14(18)9-12-5-6-15(19)16(20)10-12/h4-8,10,14H,3,9H2,1-2H3. The minimum absolute atomic E-state index is 0.0242. The van der Waals surface area contributed by atoms with E-state index in [0.29, 0.717) is 13.0 Å². The summed E-state index contributed by atoms with van der Waals surface area (Å²) in [5.41, 5.74) is 2.88. The van der Waals surface area contributed by atoms with Crippen molar-refractivity contribution in [2.24, 2.45) is 0 Å². The largest absolute Gasteiger partial charge is 0.494 e. The van der Waals surface area contributed by atoms with Gasteiger partial charge >= 0.3 is 0 Å². The molecule has 1 unspecified atom stereocenters. The van der Waals surface area contributed by atoms with Gasteiger partial charge in [0.15, 0.2) is 11.6 Å². The molecule has 2 rings (SSSR count). The quantitative estimate of drug-likeness (QED) is 0.657. The van der Waals surface area contributed by atoms with E-state index in [-0.39, 0.29) is 4.83 Å². The van der Waals surface area contributed by atoms with Crippen molar-refractivity contribution in [2.45, 2.75) is 25.1 Å². The van der Waals surface area contributed by atoms with Crippen LogP contribution in [0.1, 0.15) is 28.4 Å². The molecule has 0 aliphatic heterocycles. The first-order valence-corrected chi connectivity index (χ1v) is 7.74. The number of ether oxygens (including phenoxy) is 1. The van der Waals surface area contributed by atoms with Crippen molar-refractivity contribution < 1.29 is 13.5 Å². The number of alkyl halides is 1. The summed E-state index contributed by atoms with van der Waals surface area (Å²) in [5.74, 6) is -0.829. The van der Waals surface area contributed by atoms with Gasteiger partial charge in [-0.1, -0.05) is 39.7 Å². The lowest BCUT2D eigenvalue weighted by Gasteiger charge is -2.16. The summed E-state index contributed by atoms with van der Waals surface area (Å²) < 4.78 is 31.9. The molecule has 0 amide bonds. The summed E-state index contributed by atoms with van der Waals surface area (Å²) in [5, 5.41) is 0. The Balaban J connectivity index is 2.24. The highest BCUT2D eigenvalue weighted by Crippen LogP contribution is 2.34. The van der Waals surface area contributed by atoms with Crippen molar-refractivity contribution in [1.82, 2.24) is 0 Å². The Kier molecular flexibility index (Phi) is 5.34. The molecule has 0 heterocycles. The van der Waals surface area contributed by atoms with Gasteiger partial charge in [0.25, 0.3) is 0 Å². The predicted molar refractivity (Wildman–Crippen MR) is 84.1 cm³/mol. The summed E-state index contributed by atoms with van der Waals surface area (Å²) in [7, 11) is 0. The van der Waals surface area contributed by atoms with Crippen LogP contribution in [-0.2, 0) is 6.42 Å². The van der Waals surface area contributed by atoms with Crippen molar-refractivity contribution in [1.29, 1.82) is 0 Å². The van der Waals surface area contributed by atoms with E-state index in [0.717, 1.165) is 28.5 Å². The molecule has 4 heteroatoms. The number of aryl methyl sites for hydroxylation is 1. The van der Waals surface area contributed by atoms with E-state index < -0.39 is 11.6 Å². The predicted octanol–water partition coefficient (Wildman–Crippen LogP) is 5.35. The first kappa shape index (κ1) is 16.0. The number of hydrogen-bond donors (Lipinski definition) is 0. The average molecular weight is 355 g/mol. The zero-order valence-electron chi connectivity index (χ0n) is 12.0. The Morgan fingerprint density at radius 3 is 2.52 bits per heavy atom. The third kappa shape index (κ3) is 4.03. The van der Waals surface area contributed by atoms with Crippen molar-refractivity contribution in [3.8, 4) is 5.75 Å². The van der Waals surface area contributed by atoms with Crippen LogP contribution in [-0.4, -0.2) is 6.61 Å². The molecule has 1 nitrogen and oxygen atoms in total. The number of halogens is 3. The molecule has 0 spiro atoms. The lowest BCUT2D eigenvalue weighted by molar-refractivity contribution is 0.336. The van der Waals surface area contributed by atoms with Crippen molar-refractivity contribution in [2.75, 3.05) is 6.61 Å². The Morgan fingerprint density at radius 1 is 1.10 bits per heavy atom. The third-order valence-corrected chi connectivity index (χ3v) is 4.02. The highest BCUT2D eigenvalue weighted by atomic mass is 79.9. The lowest BCUT2D eigenvalue weighted by Crippen LogP contribution is -2.02. The molecule has 1 atom stereocenters. The van der Waals surface area contributed by atoms with Gasteiger partial charge in [-0.15, -0.1) is 0 Å². The molecule has 2 aromatic rings. The molecule has 0 saturated heterocycles. The van der Waals surface area contributed by atoms with Crippen LogP contribution in [0.5, 0.6) is 5.75 Å². The smallest absolute Gasteiger partial charge is 0.159 e. The van der Waals surface area contributed by atoms with E-state index in [2.05, 4.69) is 15.9 Å². The first-order valence-electron chi connectivity index (χ1n) is 6.82. The second kappa shape index (κ2) is 7.03. The molecule has 0 bridgehead atoms. The molecule has 2 aromatic carbocycles. The molecule has 0 aliphatic carbocycles. The number of hydrogen-bond acceptors (Lipinski definition) is 1. The molecule has 0 aliphatic rings. The fourth-order valence-corrected chi connectivity index (χ4v) is 2.91. The highest BCUT2D eigenvalue weighted by molar-refractivity contribution is 9.09. The Morgan fingerprint density at radius 2 is 1.86 bits per heavy atom. The molecular formula is C17H17BrF2O. The summed E-state index contributed by atoms with van der Waals surface area (Å²) in [4.78, 5) is -0.0242. The monoisotopic (exact) mass is 354 g/mol. The summed E-state index contributed by atoms with van der Waals surface area (Å²) in [6.07, 6.45) is 0.556. The molecule has 0 aromatic heterocycles. The van der Waals surface area contributed by atoms with Crippen LogP contribution in [0.15, 0.2) is 36.4 Å². The molecular weight excluding hydrogens is 338 g/mol. The maximum atomic E-state index is 13.3. The molecule has 112 valence electrons. The van der Waals surface area contributed by atoms with Gasteiger partial charge in [0, 0.05) is 10.4 Å². The molecule has 0 fully saturated rings. The molecule has 0 radical (unpaired) electrons. The summed E-state index contributed by atoms with van der Waals surface area (Å²) in [6.45, 7) is 4.53. The second-order valence-electron chi connectivity index (χ2n) is 4.89. The van der Waals surface area contributed by atoms with Crippen LogP contribution in [0.2, 0.25) is 0 Å². The number of benzene rings is 2. The van der Waals surface area contributed by atoms with E-state index in [9.17, 15) is 8.78 Å². The Hall–Kier alpha value is -1.42. The second-order valence-corrected chi connectivity index (χ2v) is 6.00. The van der Waals surface area contributed by atoms with Crippen molar-refractivity contribution in [3.63, 3.8) is 0 Å². The van der Waals surface area contributed by atoms with Gasteiger partial charge in [-0.3, -0.25) is 0 Å². The van der Waals surface area contributed by atoms with Gasteiger partial charge in [-0.05, 0) is 44.0 Å². The fourth-order valence-electron chi connectivity index (χ4n) is 2.18. The van der Waals surface area contributed by atoms with Gasteiger partial charge in [0.1, 0.15) is 5.75 Å². The van der Waals surface area contributed by atoms with E-state index in [4.69, 9.17) is 4.74 Å². The maximum absolute atomic E-state index is 13.3. The zero-order valence-corrected chi connectivity index (χ0v) is 13.6. The summed E-state index contributed by atoms with van der Waals surface area (Å²) >= 11 is 3.62. The Labute approximate surface area is 132 Å². The minimum Gasteiger partial charge on any atom is -0.494 e. The minimum atomic E-state index is -0.824. The van der Waals surface area contributed by atoms with E-state index in [1.54, 1.807) is 6.07 Å². The average Bonchev–Trinajstić information content (AvgIpc) is 2.45.